The molecule has 3 N–H and O–H groups in total. The minimum Gasteiger partial charge on any atom is -0.457 e. The van der Waals surface area contributed by atoms with E-state index in [1.54, 1.807) is 55.5 Å². The third-order valence-corrected chi connectivity index (χ3v) is 3.11. The minimum atomic E-state index is -0.466. The molecule has 2 rings (SSSR count). The van der Waals surface area contributed by atoms with Crippen LogP contribution in [0.1, 0.15) is 12.5 Å². The molecule has 0 aliphatic carbocycles. The maximum Gasteiger partial charge on any atom is 0.319 e. The molecule has 0 aliphatic heterocycles. The molecule has 0 aliphatic rings. The molecule has 2 aromatic rings. The molecule has 7 nitrogen and oxygen atoms in total. The summed E-state index contributed by atoms with van der Waals surface area (Å²) in [4.78, 5) is 23.0. The Kier molecular flexibility index (Phi) is 6.37. The molecule has 0 unspecified atom stereocenters. The van der Waals surface area contributed by atoms with Crippen molar-refractivity contribution < 1.29 is 14.3 Å². The molecular weight excluding hydrogens is 320 g/mol. The second-order valence-corrected chi connectivity index (χ2v) is 5.02. The number of hydrogen-bond donors (Lipinski definition) is 3. The van der Waals surface area contributed by atoms with Gasteiger partial charge in [-0.1, -0.05) is 0 Å². The van der Waals surface area contributed by atoms with Crippen LogP contribution in [-0.2, 0) is 4.79 Å². The third kappa shape index (κ3) is 5.88. The highest BCUT2D eigenvalue weighted by Crippen LogP contribution is 2.23. The van der Waals surface area contributed by atoms with E-state index < -0.39 is 6.03 Å². The lowest BCUT2D eigenvalue weighted by atomic mass is 10.2. The third-order valence-electron chi connectivity index (χ3n) is 3.11. The monoisotopic (exact) mass is 338 g/mol. The number of nitrogens with one attached hydrogen (secondary N) is 3. The number of ether oxygens (including phenoxy) is 1. The van der Waals surface area contributed by atoms with Crippen molar-refractivity contribution in [1.29, 1.82) is 5.26 Å². The number of rotatable bonds is 6. The molecule has 0 saturated carbocycles. The first-order valence-electron chi connectivity index (χ1n) is 7.70. The first kappa shape index (κ1) is 17.8. The Morgan fingerprint density at radius 2 is 1.60 bits per heavy atom. The van der Waals surface area contributed by atoms with E-state index in [2.05, 4.69) is 16.0 Å². The van der Waals surface area contributed by atoms with Gasteiger partial charge in [0.25, 0.3) is 0 Å². The van der Waals surface area contributed by atoms with E-state index in [-0.39, 0.29) is 12.5 Å². The number of likely N-dealkylation sites (N-methyl/N-ethyl adjacent to an activating group) is 1. The highest BCUT2D eigenvalue weighted by Gasteiger charge is 2.05. The van der Waals surface area contributed by atoms with E-state index in [0.29, 0.717) is 29.3 Å². The van der Waals surface area contributed by atoms with Crippen LogP contribution in [0.15, 0.2) is 48.5 Å². The van der Waals surface area contributed by atoms with Gasteiger partial charge in [-0.15, -0.1) is 0 Å². The largest absolute Gasteiger partial charge is 0.457 e. The van der Waals surface area contributed by atoms with Crippen molar-refractivity contribution in [1.82, 2.24) is 10.6 Å². The lowest BCUT2D eigenvalue weighted by Gasteiger charge is -2.09. The molecule has 0 saturated heterocycles. The Morgan fingerprint density at radius 1 is 1.00 bits per heavy atom. The number of hydrogen-bond acceptors (Lipinski definition) is 4. The maximum atomic E-state index is 11.7. The van der Waals surface area contributed by atoms with Gasteiger partial charge in [0, 0.05) is 12.2 Å². The van der Waals surface area contributed by atoms with Gasteiger partial charge in [-0.2, -0.15) is 5.26 Å². The zero-order chi connectivity index (χ0) is 18.1. The average Bonchev–Trinajstić information content (AvgIpc) is 2.62. The van der Waals surface area contributed by atoms with E-state index >= 15 is 0 Å². The van der Waals surface area contributed by atoms with Crippen molar-refractivity contribution in [2.24, 2.45) is 0 Å². The Hall–Kier alpha value is -3.53. The highest BCUT2D eigenvalue weighted by atomic mass is 16.5. The first-order chi connectivity index (χ1) is 12.1. The van der Waals surface area contributed by atoms with Crippen molar-refractivity contribution in [3.8, 4) is 17.6 Å². The first-order valence-corrected chi connectivity index (χ1v) is 7.70. The number of urea groups is 1. The number of anilines is 1. The molecule has 0 aromatic heterocycles. The number of benzene rings is 2. The predicted molar refractivity (Wildman–Crippen MR) is 93.4 cm³/mol. The summed E-state index contributed by atoms with van der Waals surface area (Å²) in [6.07, 6.45) is 0. The summed E-state index contributed by atoms with van der Waals surface area (Å²) in [5.74, 6) is 0.959. The second-order valence-electron chi connectivity index (χ2n) is 5.02. The molecule has 0 radical (unpaired) electrons. The molecule has 25 heavy (non-hydrogen) atoms. The van der Waals surface area contributed by atoms with Gasteiger partial charge >= 0.3 is 6.03 Å². The van der Waals surface area contributed by atoms with Gasteiger partial charge in [0.2, 0.25) is 5.91 Å². The second kappa shape index (κ2) is 8.93. The minimum absolute atomic E-state index is 0.0838. The lowest BCUT2D eigenvalue weighted by Crippen LogP contribution is -2.38. The molecule has 0 spiro atoms. The van der Waals surface area contributed by atoms with E-state index in [1.165, 1.54) is 0 Å². The van der Waals surface area contributed by atoms with Gasteiger partial charge in [-0.05, 0) is 55.5 Å². The van der Waals surface area contributed by atoms with E-state index in [0.717, 1.165) is 0 Å². The Labute approximate surface area is 145 Å². The molecule has 0 fully saturated rings. The summed E-state index contributed by atoms with van der Waals surface area (Å²) in [7, 11) is 0. The fourth-order valence-corrected chi connectivity index (χ4v) is 1.94. The number of carbonyl (C=O) groups is 2. The van der Waals surface area contributed by atoms with Crippen LogP contribution in [0.5, 0.6) is 11.5 Å². The number of nitriles is 1. The molecule has 2 aromatic carbocycles. The molecule has 7 heteroatoms. The average molecular weight is 338 g/mol. The van der Waals surface area contributed by atoms with Crippen molar-refractivity contribution in [3.63, 3.8) is 0 Å². The molecule has 3 amide bonds. The van der Waals surface area contributed by atoms with Crippen molar-refractivity contribution in [2.45, 2.75) is 6.92 Å². The summed E-state index contributed by atoms with van der Waals surface area (Å²) in [5, 5.41) is 16.4. The van der Waals surface area contributed by atoms with Crippen LogP contribution in [0.25, 0.3) is 0 Å². The van der Waals surface area contributed by atoms with E-state index in [4.69, 9.17) is 10.00 Å². The Morgan fingerprint density at radius 3 is 2.16 bits per heavy atom. The smallest absolute Gasteiger partial charge is 0.319 e. The van der Waals surface area contributed by atoms with E-state index in [1.807, 2.05) is 6.07 Å². The molecule has 0 bridgehead atoms. The summed E-state index contributed by atoms with van der Waals surface area (Å²) in [6, 6.07) is 15.1. The zero-order valence-electron chi connectivity index (χ0n) is 13.7. The van der Waals surface area contributed by atoms with Gasteiger partial charge in [0.1, 0.15) is 11.5 Å². The fourth-order valence-electron chi connectivity index (χ4n) is 1.94. The van der Waals surface area contributed by atoms with Crippen LogP contribution in [0.3, 0.4) is 0 Å². The summed E-state index contributed by atoms with van der Waals surface area (Å²) in [6.45, 7) is 2.24. The zero-order valence-corrected chi connectivity index (χ0v) is 13.7. The summed E-state index contributed by atoms with van der Waals surface area (Å²) < 4.78 is 5.65. The van der Waals surface area contributed by atoms with Crippen LogP contribution < -0.4 is 20.7 Å². The lowest BCUT2D eigenvalue weighted by molar-refractivity contribution is -0.119. The van der Waals surface area contributed by atoms with Crippen LogP contribution in [0.2, 0.25) is 0 Å². The SMILES string of the molecule is CCNC(=O)CNC(=O)Nc1ccc(Oc2ccc(C#N)cc2)cc1. The van der Waals surface area contributed by atoms with Gasteiger partial charge in [0.05, 0.1) is 18.2 Å². The topological polar surface area (TPSA) is 103 Å². The normalized spacial score (nSPS) is 9.60. The highest BCUT2D eigenvalue weighted by molar-refractivity contribution is 5.92. The molecule has 0 heterocycles. The van der Waals surface area contributed by atoms with Crippen LogP contribution in [-0.4, -0.2) is 25.0 Å². The standard InChI is InChI=1S/C18H18N4O3/c1-2-20-17(23)12-21-18(24)22-14-5-9-16(10-6-14)25-15-7-3-13(11-19)4-8-15/h3-10H,2,12H2,1H3,(H,20,23)(H2,21,22,24). The van der Waals surface area contributed by atoms with Crippen LogP contribution in [0.4, 0.5) is 10.5 Å². The van der Waals surface area contributed by atoms with Gasteiger partial charge in [-0.3, -0.25) is 4.79 Å². The number of nitrogens with zero attached hydrogens (tertiary/aromatic N) is 1. The number of amides is 3. The fraction of sp³-hybridized carbons (Fsp3) is 0.167. The van der Waals surface area contributed by atoms with E-state index in [9.17, 15) is 9.59 Å². The Balaban J connectivity index is 1.85. The van der Waals surface area contributed by atoms with Crippen LogP contribution >= 0.6 is 0 Å². The van der Waals surface area contributed by atoms with Gasteiger partial charge in [0.15, 0.2) is 0 Å². The summed E-state index contributed by atoms with van der Waals surface area (Å²) in [5.41, 5.74) is 1.13. The quantitative estimate of drug-likeness (QED) is 0.753. The molecular formula is C18H18N4O3. The van der Waals surface area contributed by atoms with Gasteiger partial charge in [-0.25, -0.2) is 4.79 Å². The van der Waals surface area contributed by atoms with Crippen molar-refractivity contribution in [2.75, 3.05) is 18.4 Å². The van der Waals surface area contributed by atoms with Gasteiger partial charge < -0.3 is 20.7 Å². The predicted octanol–water partition coefficient (Wildman–Crippen LogP) is 2.61. The van der Waals surface area contributed by atoms with Crippen LogP contribution in [0, 0.1) is 11.3 Å². The molecule has 128 valence electrons. The summed E-state index contributed by atoms with van der Waals surface area (Å²) >= 11 is 0. The van der Waals surface area contributed by atoms with Crippen molar-refractivity contribution >= 4 is 17.6 Å². The Bertz CT molecular complexity index is 764. The number of carbonyl (C=O) groups excluding carboxylic acids is 2. The molecule has 0 atom stereocenters. The maximum absolute atomic E-state index is 11.7. The van der Waals surface area contributed by atoms with Crippen molar-refractivity contribution in [3.05, 3.63) is 54.1 Å².